The monoisotopic (exact) mass is 378 g/mol. The topological polar surface area (TPSA) is 50.4 Å². The molecule has 0 saturated carbocycles. The Kier molecular flexibility index (Phi) is 5.46. The summed E-state index contributed by atoms with van der Waals surface area (Å²) in [7, 11) is 1.28. The molecule has 2 aromatic rings. The summed E-state index contributed by atoms with van der Waals surface area (Å²) in [5, 5.41) is 5.33. The maximum atomic E-state index is 12.8. The van der Waals surface area contributed by atoms with E-state index in [4.69, 9.17) is 27.9 Å². The highest BCUT2D eigenvalue weighted by Crippen LogP contribution is 2.35. The van der Waals surface area contributed by atoms with E-state index in [1.807, 2.05) is 0 Å². The lowest BCUT2D eigenvalue weighted by atomic mass is 10.2. The second kappa shape index (κ2) is 7.19. The van der Waals surface area contributed by atoms with Crippen LogP contribution >= 0.6 is 23.2 Å². The highest BCUT2D eigenvalue weighted by Gasteiger charge is 2.31. The fourth-order valence-electron chi connectivity index (χ4n) is 1.89. The molecule has 0 atom stereocenters. The van der Waals surface area contributed by atoms with Crippen molar-refractivity contribution >= 4 is 40.6 Å². The lowest BCUT2D eigenvalue weighted by molar-refractivity contribution is -0.137. The summed E-state index contributed by atoms with van der Waals surface area (Å²) in [5.74, 6) is 0.0854. The molecular formula is C15H11Cl2F3N2O2. The van der Waals surface area contributed by atoms with Crippen molar-refractivity contribution in [3.63, 3.8) is 0 Å². The molecule has 0 unspecified atom stereocenters. The van der Waals surface area contributed by atoms with Crippen LogP contribution in [0.4, 0.5) is 29.3 Å². The van der Waals surface area contributed by atoms with Crippen LogP contribution in [0.25, 0.3) is 0 Å². The third-order valence-corrected chi connectivity index (χ3v) is 3.33. The van der Waals surface area contributed by atoms with Crippen molar-refractivity contribution in [1.29, 1.82) is 0 Å². The molecule has 9 heteroatoms. The van der Waals surface area contributed by atoms with Gasteiger partial charge in [-0.15, -0.1) is 0 Å². The van der Waals surface area contributed by atoms with Crippen LogP contribution in [-0.4, -0.2) is 13.1 Å². The van der Waals surface area contributed by atoms with Crippen molar-refractivity contribution in [3.8, 4) is 5.75 Å². The summed E-state index contributed by atoms with van der Waals surface area (Å²) in [6.07, 6.45) is -4.54. The molecule has 0 aromatic heterocycles. The third kappa shape index (κ3) is 4.69. The van der Waals surface area contributed by atoms with E-state index in [0.29, 0.717) is 10.0 Å². The smallest absolute Gasteiger partial charge is 0.416 e. The van der Waals surface area contributed by atoms with Crippen LogP contribution in [0.3, 0.4) is 0 Å². The molecule has 0 radical (unpaired) electrons. The number of rotatable bonds is 3. The molecule has 0 bridgehead atoms. The molecule has 24 heavy (non-hydrogen) atoms. The molecule has 0 aliphatic rings. The quantitative estimate of drug-likeness (QED) is 0.723. The first-order chi connectivity index (χ1) is 11.2. The number of hydrogen-bond donors (Lipinski definition) is 2. The fraction of sp³-hybridized carbons (Fsp3) is 0.133. The number of carbonyl (C=O) groups is 1. The lowest BCUT2D eigenvalue weighted by Crippen LogP contribution is -2.20. The van der Waals surface area contributed by atoms with E-state index in [1.54, 1.807) is 0 Å². The average molecular weight is 379 g/mol. The zero-order valence-corrected chi connectivity index (χ0v) is 13.7. The van der Waals surface area contributed by atoms with E-state index >= 15 is 0 Å². The Labute approximate surface area is 145 Å². The number of halogens is 5. The number of benzene rings is 2. The Morgan fingerprint density at radius 2 is 1.67 bits per heavy atom. The predicted molar refractivity (Wildman–Crippen MR) is 87.1 cm³/mol. The molecule has 0 fully saturated rings. The van der Waals surface area contributed by atoms with Gasteiger partial charge in [0, 0.05) is 15.7 Å². The number of urea groups is 1. The maximum Gasteiger partial charge on any atom is 0.416 e. The zero-order chi connectivity index (χ0) is 17.9. The van der Waals surface area contributed by atoms with Crippen LogP contribution in [0.2, 0.25) is 10.0 Å². The van der Waals surface area contributed by atoms with E-state index in [2.05, 4.69) is 10.6 Å². The molecule has 2 rings (SSSR count). The number of anilines is 2. The van der Waals surface area contributed by atoms with Gasteiger partial charge in [0.15, 0.2) is 0 Å². The van der Waals surface area contributed by atoms with Gasteiger partial charge >= 0.3 is 12.2 Å². The Morgan fingerprint density at radius 3 is 2.21 bits per heavy atom. The molecule has 2 aromatic carbocycles. The summed E-state index contributed by atoms with van der Waals surface area (Å²) in [4.78, 5) is 12.0. The molecule has 0 aliphatic carbocycles. The van der Waals surface area contributed by atoms with E-state index in [-0.39, 0.29) is 17.1 Å². The van der Waals surface area contributed by atoms with Gasteiger partial charge in [-0.3, -0.25) is 0 Å². The zero-order valence-electron chi connectivity index (χ0n) is 12.2. The van der Waals surface area contributed by atoms with Gasteiger partial charge < -0.3 is 15.4 Å². The lowest BCUT2D eigenvalue weighted by Gasteiger charge is -2.14. The minimum atomic E-state index is -4.54. The van der Waals surface area contributed by atoms with Crippen molar-refractivity contribution in [2.75, 3.05) is 17.7 Å². The van der Waals surface area contributed by atoms with Crippen LogP contribution in [0.1, 0.15) is 5.56 Å². The van der Waals surface area contributed by atoms with E-state index in [1.165, 1.54) is 25.3 Å². The first-order valence-electron chi connectivity index (χ1n) is 6.48. The molecule has 4 nitrogen and oxygen atoms in total. The van der Waals surface area contributed by atoms with Crippen molar-refractivity contribution in [2.45, 2.75) is 6.18 Å². The summed E-state index contributed by atoms with van der Waals surface area (Å²) >= 11 is 11.6. The van der Waals surface area contributed by atoms with Gasteiger partial charge in [-0.25, -0.2) is 4.79 Å². The predicted octanol–water partition coefficient (Wildman–Crippen LogP) is 5.66. The van der Waals surface area contributed by atoms with E-state index < -0.39 is 17.8 Å². The molecule has 0 saturated heterocycles. The Balaban J connectivity index is 2.21. The average Bonchev–Trinajstić information content (AvgIpc) is 2.44. The summed E-state index contributed by atoms with van der Waals surface area (Å²) in [5.41, 5.74) is -0.752. The maximum absolute atomic E-state index is 12.8. The van der Waals surface area contributed by atoms with Crippen molar-refractivity contribution in [3.05, 3.63) is 52.0 Å². The first-order valence-corrected chi connectivity index (χ1v) is 7.24. The van der Waals surface area contributed by atoms with Gasteiger partial charge in [-0.2, -0.15) is 13.2 Å². The largest absolute Gasteiger partial charge is 0.495 e. The molecule has 128 valence electrons. The molecule has 2 N–H and O–H groups in total. The number of nitrogens with one attached hydrogen (secondary N) is 2. The number of alkyl halides is 3. The van der Waals surface area contributed by atoms with Crippen LogP contribution in [0.5, 0.6) is 5.75 Å². The summed E-state index contributed by atoms with van der Waals surface area (Å²) in [6, 6.07) is 6.34. The van der Waals surface area contributed by atoms with Crippen molar-refractivity contribution < 1.29 is 22.7 Å². The SMILES string of the molecule is COc1ccc(C(F)(F)F)cc1NC(=O)Nc1cc(Cl)cc(Cl)c1. The van der Waals surface area contributed by atoms with Gasteiger partial charge in [0.1, 0.15) is 5.75 Å². The van der Waals surface area contributed by atoms with Gasteiger partial charge in [0.2, 0.25) is 0 Å². The Morgan fingerprint density at radius 1 is 1.04 bits per heavy atom. The summed E-state index contributed by atoms with van der Waals surface area (Å²) < 4.78 is 43.3. The molecule has 0 spiro atoms. The van der Waals surface area contributed by atoms with E-state index in [0.717, 1.165) is 18.2 Å². The van der Waals surface area contributed by atoms with Gasteiger partial charge in [0.05, 0.1) is 18.4 Å². The van der Waals surface area contributed by atoms with Crippen LogP contribution in [-0.2, 0) is 6.18 Å². The van der Waals surface area contributed by atoms with E-state index in [9.17, 15) is 18.0 Å². The Hall–Kier alpha value is -2.12. The van der Waals surface area contributed by atoms with Crippen LogP contribution in [0.15, 0.2) is 36.4 Å². The summed E-state index contributed by atoms with van der Waals surface area (Å²) in [6.45, 7) is 0. The van der Waals surface area contributed by atoms with Crippen LogP contribution < -0.4 is 15.4 Å². The van der Waals surface area contributed by atoms with Crippen molar-refractivity contribution in [1.82, 2.24) is 0 Å². The number of ether oxygens (including phenoxy) is 1. The molecule has 0 aliphatic heterocycles. The second-order valence-electron chi connectivity index (χ2n) is 4.65. The van der Waals surface area contributed by atoms with Crippen LogP contribution in [0, 0.1) is 0 Å². The highest BCUT2D eigenvalue weighted by molar-refractivity contribution is 6.35. The van der Waals surface area contributed by atoms with Gasteiger partial charge in [0.25, 0.3) is 0 Å². The minimum Gasteiger partial charge on any atom is -0.495 e. The van der Waals surface area contributed by atoms with Gasteiger partial charge in [-0.05, 0) is 36.4 Å². The number of carbonyl (C=O) groups excluding carboxylic acids is 1. The number of methoxy groups -OCH3 is 1. The Bertz CT molecular complexity index is 747. The van der Waals surface area contributed by atoms with Crippen molar-refractivity contribution in [2.24, 2.45) is 0 Å². The normalized spacial score (nSPS) is 11.1. The number of hydrogen-bond acceptors (Lipinski definition) is 2. The van der Waals surface area contributed by atoms with Gasteiger partial charge in [-0.1, -0.05) is 23.2 Å². The molecule has 2 amide bonds. The highest BCUT2D eigenvalue weighted by atomic mass is 35.5. The second-order valence-corrected chi connectivity index (χ2v) is 5.52. The standard InChI is InChI=1S/C15H11Cl2F3N2O2/c1-24-13-3-2-8(15(18,19)20)4-12(13)22-14(23)21-11-6-9(16)5-10(17)7-11/h2-7H,1H3,(H2,21,22,23). The number of amides is 2. The molecule has 0 heterocycles. The third-order valence-electron chi connectivity index (χ3n) is 2.90. The molecular weight excluding hydrogens is 368 g/mol. The fourth-order valence-corrected chi connectivity index (χ4v) is 2.42. The first kappa shape index (κ1) is 18.2. The minimum absolute atomic E-state index is 0.0854.